The number of hydrogen-bond acceptors (Lipinski definition) is 2. The predicted molar refractivity (Wildman–Crippen MR) is 49.0 cm³/mol. The van der Waals surface area contributed by atoms with E-state index in [1.54, 1.807) is 0 Å². The highest BCUT2D eigenvalue weighted by Crippen LogP contribution is 2.57. The third-order valence-corrected chi connectivity index (χ3v) is 3.37. The zero-order valence-corrected chi connectivity index (χ0v) is 7.99. The monoisotopic (exact) mass is 183 g/mol. The first-order chi connectivity index (χ1) is 6.24. The molecule has 2 saturated carbocycles. The van der Waals surface area contributed by atoms with Crippen LogP contribution < -0.4 is 5.32 Å². The molecule has 0 aromatic heterocycles. The minimum Gasteiger partial charge on any atom is -0.394 e. The molecule has 0 heterocycles. The maximum absolute atomic E-state index is 11.6. The highest BCUT2D eigenvalue weighted by atomic mass is 16.3. The van der Waals surface area contributed by atoms with Crippen molar-refractivity contribution in [2.24, 2.45) is 17.8 Å². The summed E-state index contributed by atoms with van der Waals surface area (Å²) in [5.41, 5.74) is 0. The SMILES string of the molecule is C[C@@H](CO)NC(=O)C1C2CCCC21. The van der Waals surface area contributed by atoms with Gasteiger partial charge < -0.3 is 10.4 Å². The van der Waals surface area contributed by atoms with E-state index in [1.165, 1.54) is 19.3 Å². The molecule has 0 aliphatic heterocycles. The largest absolute Gasteiger partial charge is 0.394 e. The van der Waals surface area contributed by atoms with E-state index in [2.05, 4.69) is 5.32 Å². The molecule has 0 radical (unpaired) electrons. The van der Waals surface area contributed by atoms with Crippen LogP contribution >= 0.6 is 0 Å². The number of carbonyl (C=O) groups excluding carboxylic acids is 1. The summed E-state index contributed by atoms with van der Waals surface area (Å²) >= 11 is 0. The standard InChI is InChI=1S/C10H17NO2/c1-6(5-12)11-10(13)9-7-3-2-4-8(7)9/h6-9,12H,2-5H2,1H3,(H,11,13)/t6-,7?,8?,9?/m0/s1. The topological polar surface area (TPSA) is 49.3 Å². The second-order valence-electron chi connectivity index (χ2n) is 4.38. The third kappa shape index (κ3) is 1.57. The molecule has 2 rings (SSSR count). The molecule has 13 heavy (non-hydrogen) atoms. The molecule has 0 aromatic carbocycles. The van der Waals surface area contributed by atoms with Gasteiger partial charge >= 0.3 is 0 Å². The molecule has 2 aliphatic carbocycles. The summed E-state index contributed by atoms with van der Waals surface area (Å²) < 4.78 is 0. The van der Waals surface area contributed by atoms with Crippen molar-refractivity contribution in [3.63, 3.8) is 0 Å². The lowest BCUT2D eigenvalue weighted by molar-refractivity contribution is -0.123. The quantitative estimate of drug-likeness (QED) is 0.670. The van der Waals surface area contributed by atoms with Crippen LogP contribution in [-0.4, -0.2) is 23.7 Å². The van der Waals surface area contributed by atoms with Crippen molar-refractivity contribution in [2.45, 2.75) is 32.2 Å². The van der Waals surface area contributed by atoms with Crippen LogP contribution in [0.5, 0.6) is 0 Å². The van der Waals surface area contributed by atoms with Crippen LogP contribution in [-0.2, 0) is 4.79 Å². The Hall–Kier alpha value is -0.570. The molecule has 0 spiro atoms. The zero-order chi connectivity index (χ0) is 9.42. The van der Waals surface area contributed by atoms with Crippen molar-refractivity contribution in [2.75, 3.05) is 6.61 Å². The summed E-state index contributed by atoms with van der Waals surface area (Å²) in [6.45, 7) is 1.86. The fourth-order valence-electron chi connectivity index (χ4n) is 2.60. The van der Waals surface area contributed by atoms with Crippen LogP contribution in [0, 0.1) is 17.8 Å². The van der Waals surface area contributed by atoms with Crippen molar-refractivity contribution in [3.8, 4) is 0 Å². The normalized spacial score (nSPS) is 38.2. The molecule has 2 fully saturated rings. The van der Waals surface area contributed by atoms with Crippen LogP contribution in [0.2, 0.25) is 0 Å². The van der Waals surface area contributed by atoms with Gasteiger partial charge in [0.05, 0.1) is 6.61 Å². The number of nitrogens with one attached hydrogen (secondary N) is 1. The first-order valence-corrected chi connectivity index (χ1v) is 5.15. The molecule has 0 aromatic rings. The Kier molecular flexibility index (Phi) is 2.28. The molecular weight excluding hydrogens is 166 g/mol. The average Bonchev–Trinajstić information content (AvgIpc) is 2.61. The van der Waals surface area contributed by atoms with Crippen molar-refractivity contribution >= 4 is 5.91 Å². The van der Waals surface area contributed by atoms with Gasteiger partial charge in [-0.25, -0.2) is 0 Å². The molecular formula is C10H17NO2. The van der Waals surface area contributed by atoms with Crippen molar-refractivity contribution in [1.29, 1.82) is 0 Å². The molecule has 0 saturated heterocycles. The molecule has 74 valence electrons. The third-order valence-electron chi connectivity index (χ3n) is 3.37. The number of carbonyl (C=O) groups is 1. The molecule has 2 unspecified atom stereocenters. The molecule has 2 aliphatic rings. The first kappa shape index (κ1) is 9.00. The second-order valence-corrected chi connectivity index (χ2v) is 4.38. The summed E-state index contributed by atoms with van der Waals surface area (Å²) in [6, 6.07) is -0.0890. The van der Waals surface area contributed by atoms with E-state index in [9.17, 15) is 4.79 Å². The van der Waals surface area contributed by atoms with E-state index in [0.29, 0.717) is 11.8 Å². The first-order valence-electron chi connectivity index (χ1n) is 5.15. The molecule has 0 bridgehead atoms. The fourth-order valence-corrected chi connectivity index (χ4v) is 2.60. The van der Waals surface area contributed by atoms with Crippen molar-refractivity contribution in [1.82, 2.24) is 5.32 Å². The van der Waals surface area contributed by atoms with E-state index >= 15 is 0 Å². The van der Waals surface area contributed by atoms with Gasteiger partial charge in [-0.1, -0.05) is 6.42 Å². The van der Waals surface area contributed by atoms with E-state index < -0.39 is 0 Å². The van der Waals surface area contributed by atoms with Crippen LogP contribution in [0.3, 0.4) is 0 Å². The van der Waals surface area contributed by atoms with E-state index in [0.717, 1.165) is 0 Å². The minimum absolute atomic E-state index is 0.0355. The number of fused-ring (bicyclic) bond motifs is 1. The number of amides is 1. The summed E-state index contributed by atoms with van der Waals surface area (Å²) in [5, 5.41) is 11.6. The van der Waals surface area contributed by atoms with Crippen LogP contribution in [0.4, 0.5) is 0 Å². The van der Waals surface area contributed by atoms with Gasteiger partial charge in [0.2, 0.25) is 5.91 Å². The van der Waals surface area contributed by atoms with Crippen LogP contribution in [0.1, 0.15) is 26.2 Å². The molecule has 3 heteroatoms. The van der Waals surface area contributed by atoms with E-state index in [1.807, 2.05) is 6.92 Å². The lowest BCUT2D eigenvalue weighted by Gasteiger charge is -2.11. The Morgan fingerprint density at radius 3 is 2.69 bits per heavy atom. The zero-order valence-electron chi connectivity index (χ0n) is 7.99. The average molecular weight is 183 g/mol. The van der Waals surface area contributed by atoms with E-state index in [-0.39, 0.29) is 24.5 Å². The molecule has 2 N–H and O–H groups in total. The van der Waals surface area contributed by atoms with E-state index in [4.69, 9.17) is 5.11 Å². The Labute approximate surface area is 78.5 Å². The van der Waals surface area contributed by atoms with Gasteiger partial charge in [-0.15, -0.1) is 0 Å². The summed E-state index contributed by atoms with van der Waals surface area (Å²) in [5.74, 6) is 1.79. The number of aliphatic hydroxyl groups is 1. The Morgan fingerprint density at radius 1 is 1.54 bits per heavy atom. The van der Waals surface area contributed by atoms with Gasteiger partial charge in [0.1, 0.15) is 0 Å². The second kappa shape index (κ2) is 3.29. The van der Waals surface area contributed by atoms with Gasteiger partial charge in [0.25, 0.3) is 0 Å². The molecule has 1 amide bonds. The maximum atomic E-state index is 11.6. The lowest BCUT2D eigenvalue weighted by atomic mass is 10.1. The van der Waals surface area contributed by atoms with Crippen molar-refractivity contribution in [3.05, 3.63) is 0 Å². The van der Waals surface area contributed by atoms with Gasteiger partial charge in [-0.05, 0) is 31.6 Å². The highest BCUT2D eigenvalue weighted by Gasteiger charge is 2.56. The highest BCUT2D eigenvalue weighted by molar-refractivity contribution is 5.82. The minimum atomic E-state index is -0.0890. The summed E-state index contributed by atoms with van der Waals surface area (Å²) in [6.07, 6.45) is 3.77. The maximum Gasteiger partial charge on any atom is 0.223 e. The predicted octanol–water partition coefficient (Wildman–Crippen LogP) is 0.529. The smallest absolute Gasteiger partial charge is 0.223 e. The Bertz CT molecular complexity index is 207. The lowest BCUT2D eigenvalue weighted by Crippen LogP contribution is -2.36. The summed E-state index contributed by atoms with van der Waals surface area (Å²) in [7, 11) is 0. The number of hydrogen-bond donors (Lipinski definition) is 2. The number of aliphatic hydroxyl groups excluding tert-OH is 1. The number of rotatable bonds is 3. The van der Waals surface area contributed by atoms with Crippen LogP contribution in [0.25, 0.3) is 0 Å². The summed E-state index contributed by atoms with van der Waals surface area (Å²) in [4.78, 5) is 11.6. The van der Waals surface area contributed by atoms with Gasteiger partial charge in [-0.2, -0.15) is 0 Å². The Morgan fingerprint density at radius 2 is 2.15 bits per heavy atom. The van der Waals surface area contributed by atoms with Gasteiger partial charge in [-0.3, -0.25) is 4.79 Å². The van der Waals surface area contributed by atoms with Crippen LogP contribution in [0.15, 0.2) is 0 Å². The molecule has 3 nitrogen and oxygen atoms in total. The fraction of sp³-hybridized carbons (Fsp3) is 0.900. The van der Waals surface area contributed by atoms with Crippen molar-refractivity contribution < 1.29 is 9.90 Å². The molecule has 3 atom stereocenters. The van der Waals surface area contributed by atoms with Gasteiger partial charge in [0, 0.05) is 12.0 Å². The Balaban J connectivity index is 1.80. The van der Waals surface area contributed by atoms with Gasteiger partial charge in [0.15, 0.2) is 0 Å².